The summed E-state index contributed by atoms with van der Waals surface area (Å²) in [6, 6.07) is -0.812. The summed E-state index contributed by atoms with van der Waals surface area (Å²) in [5.41, 5.74) is 0. The highest BCUT2D eigenvalue weighted by atomic mass is 16.7. The summed E-state index contributed by atoms with van der Waals surface area (Å²) in [5, 5.41) is 54.2. The summed E-state index contributed by atoms with van der Waals surface area (Å²) < 4.78 is 16.7. The number of hydrogen-bond donors (Lipinski definition) is 6. The molecule has 11 heteroatoms. The predicted octanol–water partition coefficient (Wildman–Crippen LogP) is 13.7. The molecule has 11 nitrogen and oxygen atoms in total. The van der Waals surface area contributed by atoms with Crippen molar-refractivity contribution in [3.63, 3.8) is 0 Å². The fraction of sp³-hybridized carbons (Fsp3) is 0.900. The molecule has 0 aromatic rings. The maximum absolute atomic E-state index is 13.0. The Morgan fingerprint density at radius 1 is 0.507 bits per heavy atom. The molecule has 0 radical (unpaired) electrons. The second kappa shape index (κ2) is 50.3. The summed E-state index contributed by atoms with van der Waals surface area (Å²) >= 11 is 0. The van der Waals surface area contributed by atoms with Crippen LogP contribution in [0.15, 0.2) is 24.3 Å². The molecule has 7 atom stereocenters. The lowest BCUT2D eigenvalue weighted by Gasteiger charge is -2.40. The van der Waals surface area contributed by atoms with Crippen LogP contribution in [0.1, 0.15) is 284 Å². The van der Waals surface area contributed by atoms with Gasteiger partial charge in [0.25, 0.3) is 0 Å². The molecule has 1 heterocycles. The van der Waals surface area contributed by atoms with E-state index in [2.05, 4.69) is 31.3 Å². The zero-order valence-electron chi connectivity index (χ0n) is 45.9. The van der Waals surface area contributed by atoms with Gasteiger partial charge in [0.05, 0.1) is 32.0 Å². The maximum Gasteiger partial charge on any atom is 0.305 e. The molecule has 1 rings (SSSR count). The van der Waals surface area contributed by atoms with E-state index in [-0.39, 0.29) is 18.5 Å². The number of nitrogens with one attached hydrogen (secondary N) is 1. The first kappa shape index (κ1) is 67.2. The average Bonchev–Trinajstić information content (AvgIpc) is 3.37. The minimum Gasteiger partial charge on any atom is -0.466 e. The highest BCUT2D eigenvalue weighted by molar-refractivity contribution is 5.76. The Hall–Kier alpha value is -1.86. The Balaban J connectivity index is 2.02. The van der Waals surface area contributed by atoms with Gasteiger partial charge in [0.15, 0.2) is 6.29 Å². The summed E-state index contributed by atoms with van der Waals surface area (Å²) in [6.45, 7) is 4.31. The number of carbonyl (C=O) groups excluding carboxylic acids is 2. The van der Waals surface area contributed by atoms with Crippen molar-refractivity contribution in [1.82, 2.24) is 5.32 Å². The van der Waals surface area contributed by atoms with Gasteiger partial charge in [0.2, 0.25) is 5.91 Å². The third-order valence-electron chi connectivity index (χ3n) is 14.3. The zero-order chi connectivity index (χ0) is 51.7. The molecule has 0 aromatic carbocycles. The Kier molecular flexibility index (Phi) is 47.6. The lowest BCUT2D eigenvalue weighted by atomic mass is 9.99. The van der Waals surface area contributed by atoms with Crippen molar-refractivity contribution in [1.29, 1.82) is 0 Å². The second-order valence-electron chi connectivity index (χ2n) is 21.1. The first-order chi connectivity index (χ1) is 34.7. The van der Waals surface area contributed by atoms with Crippen LogP contribution in [0.5, 0.6) is 0 Å². The summed E-state index contributed by atoms with van der Waals surface area (Å²) in [7, 11) is 0. The first-order valence-electron chi connectivity index (χ1n) is 30.1. The van der Waals surface area contributed by atoms with Gasteiger partial charge in [-0.2, -0.15) is 0 Å². The molecule has 1 aliphatic rings. The largest absolute Gasteiger partial charge is 0.466 e. The number of hydrogen-bond acceptors (Lipinski definition) is 10. The highest BCUT2D eigenvalue weighted by Gasteiger charge is 2.44. The van der Waals surface area contributed by atoms with E-state index in [1.54, 1.807) is 6.08 Å². The van der Waals surface area contributed by atoms with E-state index in [0.717, 1.165) is 70.6 Å². The predicted molar refractivity (Wildman–Crippen MR) is 292 cm³/mol. The fourth-order valence-corrected chi connectivity index (χ4v) is 9.49. The van der Waals surface area contributed by atoms with Gasteiger partial charge in [-0.25, -0.2) is 0 Å². The van der Waals surface area contributed by atoms with E-state index in [9.17, 15) is 35.1 Å². The molecule has 7 unspecified atom stereocenters. The number of aliphatic hydroxyl groups is 5. The molecule has 71 heavy (non-hydrogen) atoms. The number of allylic oxidation sites excluding steroid dienone is 3. The van der Waals surface area contributed by atoms with Crippen molar-refractivity contribution >= 4 is 11.9 Å². The van der Waals surface area contributed by atoms with Crippen LogP contribution in [-0.2, 0) is 23.8 Å². The van der Waals surface area contributed by atoms with Gasteiger partial charge < -0.3 is 45.1 Å². The Labute approximate surface area is 435 Å². The third kappa shape index (κ3) is 40.2. The van der Waals surface area contributed by atoms with Crippen molar-refractivity contribution in [2.45, 2.75) is 326 Å². The molecular weight excluding hydrogens is 895 g/mol. The van der Waals surface area contributed by atoms with Gasteiger partial charge in [-0.05, 0) is 57.8 Å². The maximum atomic E-state index is 13.0. The van der Waals surface area contributed by atoms with E-state index in [1.807, 2.05) is 6.08 Å². The van der Waals surface area contributed by atoms with Crippen LogP contribution in [0.4, 0.5) is 0 Å². The number of unbranched alkanes of at least 4 members (excludes halogenated alkanes) is 36. The first-order valence-corrected chi connectivity index (χ1v) is 30.1. The quantitative estimate of drug-likeness (QED) is 0.0195. The smallest absolute Gasteiger partial charge is 0.305 e. The molecule has 1 aliphatic heterocycles. The normalized spacial score (nSPS) is 19.2. The van der Waals surface area contributed by atoms with Gasteiger partial charge in [0, 0.05) is 12.8 Å². The van der Waals surface area contributed by atoms with Crippen molar-refractivity contribution in [3.05, 3.63) is 24.3 Å². The second-order valence-corrected chi connectivity index (χ2v) is 21.1. The van der Waals surface area contributed by atoms with Gasteiger partial charge in [-0.3, -0.25) is 9.59 Å². The molecule has 418 valence electrons. The summed E-state index contributed by atoms with van der Waals surface area (Å²) in [4.78, 5) is 25.0. The molecule has 0 bridgehead atoms. The van der Waals surface area contributed by atoms with Crippen molar-refractivity contribution in [3.8, 4) is 0 Å². The zero-order valence-corrected chi connectivity index (χ0v) is 45.9. The van der Waals surface area contributed by atoms with E-state index >= 15 is 0 Å². The molecule has 1 saturated heterocycles. The SMILES string of the molecule is CCCCCCCCC/C=C/C(O)C(COC1OC(CO)C(O)C(O)C1O)NC(=O)CCCCCCCCC/C=C\CCCCCCCCCCCCCCOC(=O)CCCCCCCCCCCCC. The molecule has 6 N–H and O–H groups in total. The third-order valence-corrected chi connectivity index (χ3v) is 14.3. The van der Waals surface area contributed by atoms with Crippen molar-refractivity contribution in [2.24, 2.45) is 0 Å². The average molecular weight is 1010 g/mol. The molecule has 1 amide bonds. The minimum absolute atomic E-state index is 0.000661. The lowest BCUT2D eigenvalue weighted by Crippen LogP contribution is -2.60. The van der Waals surface area contributed by atoms with E-state index in [1.165, 1.54) is 186 Å². The van der Waals surface area contributed by atoms with Crippen LogP contribution >= 0.6 is 0 Å². The molecule has 0 spiro atoms. The number of rotatable bonds is 52. The minimum atomic E-state index is -1.57. The Morgan fingerprint density at radius 2 is 0.901 bits per heavy atom. The Morgan fingerprint density at radius 3 is 1.35 bits per heavy atom. The Bertz CT molecular complexity index is 1230. The fourth-order valence-electron chi connectivity index (χ4n) is 9.49. The van der Waals surface area contributed by atoms with Gasteiger partial charge in [-0.1, -0.05) is 237 Å². The number of amides is 1. The molecule has 0 aromatic heterocycles. The van der Waals surface area contributed by atoms with Crippen LogP contribution in [-0.4, -0.2) is 100 Å². The van der Waals surface area contributed by atoms with Gasteiger partial charge in [-0.15, -0.1) is 0 Å². The van der Waals surface area contributed by atoms with Crippen LogP contribution in [0, 0.1) is 0 Å². The van der Waals surface area contributed by atoms with Gasteiger partial charge >= 0.3 is 5.97 Å². The number of carbonyl (C=O) groups is 2. The molecular formula is C60H113NO10. The molecule has 1 fully saturated rings. The summed E-state index contributed by atoms with van der Waals surface area (Å²) in [6.07, 6.45) is 50.0. The van der Waals surface area contributed by atoms with Crippen LogP contribution in [0.2, 0.25) is 0 Å². The summed E-state index contributed by atoms with van der Waals surface area (Å²) in [5.74, 6) is -0.190. The van der Waals surface area contributed by atoms with Crippen LogP contribution in [0.3, 0.4) is 0 Å². The lowest BCUT2D eigenvalue weighted by molar-refractivity contribution is -0.302. The van der Waals surface area contributed by atoms with Crippen molar-refractivity contribution < 1.29 is 49.3 Å². The highest BCUT2D eigenvalue weighted by Crippen LogP contribution is 2.23. The topological polar surface area (TPSA) is 175 Å². The van der Waals surface area contributed by atoms with E-state index in [4.69, 9.17) is 14.2 Å². The van der Waals surface area contributed by atoms with Crippen molar-refractivity contribution in [2.75, 3.05) is 19.8 Å². The van der Waals surface area contributed by atoms with Crippen LogP contribution < -0.4 is 5.32 Å². The number of aliphatic hydroxyl groups excluding tert-OH is 5. The van der Waals surface area contributed by atoms with Crippen LogP contribution in [0.25, 0.3) is 0 Å². The molecule has 0 saturated carbocycles. The molecule has 0 aliphatic carbocycles. The standard InChI is InChI=1S/C60H113NO10/c1-3-5-7-9-11-13-27-32-36-40-44-48-56(65)69-49-45-41-37-33-29-26-24-22-20-18-16-14-15-17-19-21-23-25-28-31-35-39-43-47-55(64)61-52(53(63)46-42-38-34-30-12-10-8-6-4-2)51-70-60-59(68)58(67)57(66)54(50-62)71-60/h17,19,42,46,52-54,57-60,62-63,66-68H,3-16,18,20-41,43-45,47-51H2,1-2H3,(H,61,64)/b19-17-,46-42+. The number of esters is 1. The van der Waals surface area contributed by atoms with E-state index in [0.29, 0.717) is 19.4 Å². The number of ether oxygens (including phenoxy) is 3. The van der Waals surface area contributed by atoms with Gasteiger partial charge in [0.1, 0.15) is 24.4 Å². The van der Waals surface area contributed by atoms with E-state index < -0.39 is 49.5 Å². The monoisotopic (exact) mass is 1010 g/mol.